The van der Waals surface area contributed by atoms with Crippen LogP contribution in [0.25, 0.3) is 11.4 Å². The fourth-order valence-electron chi connectivity index (χ4n) is 3.76. The molecule has 0 saturated heterocycles. The minimum Gasteiger partial charge on any atom is -0.384 e. The van der Waals surface area contributed by atoms with Crippen molar-refractivity contribution in [2.75, 3.05) is 10.6 Å². The number of hydrogen-bond acceptors (Lipinski definition) is 7. The van der Waals surface area contributed by atoms with Gasteiger partial charge in [0.25, 0.3) is 5.91 Å². The summed E-state index contributed by atoms with van der Waals surface area (Å²) in [7, 11) is 0. The highest BCUT2D eigenvalue weighted by atomic mass is 16.3. The smallest absolute Gasteiger partial charge is 0.276 e. The number of rotatable bonds is 8. The Hall–Kier alpha value is -4.83. The molecule has 0 bridgehead atoms. The van der Waals surface area contributed by atoms with Crippen LogP contribution in [-0.4, -0.2) is 41.8 Å². The summed E-state index contributed by atoms with van der Waals surface area (Å²) in [6, 6.07) is 24.2. The van der Waals surface area contributed by atoms with Crippen molar-refractivity contribution in [3.63, 3.8) is 0 Å². The second-order valence-electron chi connectivity index (χ2n) is 7.80. The molecule has 0 spiro atoms. The number of para-hydroxylation sites is 1. The number of aliphatic hydroxyl groups excluding tert-OH is 1. The number of aromatic nitrogens is 6. The van der Waals surface area contributed by atoms with Gasteiger partial charge in [-0.15, -0.1) is 5.10 Å². The van der Waals surface area contributed by atoms with E-state index >= 15 is 0 Å². The van der Waals surface area contributed by atoms with Gasteiger partial charge in [-0.25, -0.2) is 5.10 Å². The van der Waals surface area contributed by atoms with Gasteiger partial charge in [0.2, 0.25) is 0 Å². The Kier molecular flexibility index (Phi) is 6.27. The van der Waals surface area contributed by atoms with Crippen molar-refractivity contribution in [3.8, 4) is 11.4 Å². The van der Waals surface area contributed by atoms with Gasteiger partial charge in [-0.2, -0.15) is 5.10 Å². The van der Waals surface area contributed by atoms with Gasteiger partial charge in [0.1, 0.15) is 6.10 Å². The van der Waals surface area contributed by atoms with Crippen molar-refractivity contribution in [2.24, 2.45) is 0 Å². The van der Waals surface area contributed by atoms with Crippen LogP contribution in [0.1, 0.15) is 33.3 Å². The number of carbonyl (C=O) groups is 1. The van der Waals surface area contributed by atoms with E-state index in [0.717, 1.165) is 22.4 Å². The first-order valence-electron chi connectivity index (χ1n) is 10.9. The maximum Gasteiger partial charge on any atom is 0.276 e. The lowest BCUT2D eigenvalue weighted by Gasteiger charge is -2.17. The maximum atomic E-state index is 13.0. The number of nitrogens with one attached hydrogen (secondary N) is 4. The lowest BCUT2D eigenvalue weighted by Crippen LogP contribution is -2.16. The van der Waals surface area contributed by atoms with E-state index < -0.39 is 6.10 Å². The largest absolute Gasteiger partial charge is 0.384 e. The summed E-state index contributed by atoms with van der Waals surface area (Å²) in [5.74, 6) is 0.149. The summed E-state index contributed by atoms with van der Waals surface area (Å²) in [4.78, 5) is 13.0. The molecule has 5 aromatic rings. The molecule has 10 nitrogen and oxygen atoms in total. The molecule has 5 rings (SSSR count). The van der Waals surface area contributed by atoms with Crippen molar-refractivity contribution in [1.82, 2.24) is 30.8 Å². The molecular weight excluding hydrogens is 444 g/mol. The molecule has 3 aromatic carbocycles. The van der Waals surface area contributed by atoms with Crippen LogP contribution in [-0.2, 0) is 6.54 Å². The van der Waals surface area contributed by atoms with Crippen molar-refractivity contribution < 1.29 is 9.90 Å². The Morgan fingerprint density at radius 3 is 2.66 bits per heavy atom. The van der Waals surface area contributed by atoms with Crippen molar-refractivity contribution in [3.05, 3.63) is 107 Å². The summed E-state index contributed by atoms with van der Waals surface area (Å²) in [6.07, 6.45) is 0.897. The summed E-state index contributed by atoms with van der Waals surface area (Å²) in [5.41, 5.74) is 4.59. The monoisotopic (exact) mass is 466 g/mol. The van der Waals surface area contributed by atoms with Gasteiger partial charge >= 0.3 is 0 Å². The van der Waals surface area contributed by atoms with Gasteiger partial charge < -0.3 is 15.7 Å². The number of aromatic amines is 2. The number of amides is 1. The van der Waals surface area contributed by atoms with Crippen molar-refractivity contribution >= 4 is 17.3 Å². The molecule has 0 aliphatic carbocycles. The van der Waals surface area contributed by atoms with Gasteiger partial charge in [0.15, 0.2) is 11.5 Å². The van der Waals surface area contributed by atoms with E-state index in [1.807, 2.05) is 60.7 Å². The molecule has 0 fully saturated rings. The first kappa shape index (κ1) is 22.0. The topological polar surface area (TPSA) is 144 Å². The highest BCUT2D eigenvalue weighted by Gasteiger charge is 2.18. The zero-order valence-corrected chi connectivity index (χ0v) is 18.5. The van der Waals surface area contributed by atoms with E-state index in [-0.39, 0.29) is 11.6 Å². The van der Waals surface area contributed by atoms with Gasteiger partial charge in [0.05, 0.1) is 0 Å². The molecular formula is C25H22N8O2. The summed E-state index contributed by atoms with van der Waals surface area (Å²) in [6.45, 7) is 0.335. The minimum absolute atomic E-state index is 0.269. The van der Waals surface area contributed by atoms with Crippen LogP contribution in [0, 0.1) is 0 Å². The average Bonchev–Trinajstić information content (AvgIpc) is 3.61. The lowest BCUT2D eigenvalue weighted by molar-refractivity contribution is 0.102. The van der Waals surface area contributed by atoms with Crippen molar-refractivity contribution in [2.45, 2.75) is 12.6 Å². The van der Waals surface area contributed by atoms with Gasteiger partial charge in [-0.1, -0.05) is 60.7 Å². The van der Waals surface area contributed by atoms with Crippen LogP contribution >= 0.6 is 0 Å². The molecule has 0 radical (unpaired) electrons. The van der Waals surface area contributed by atoms with Crippen LogP contribution in [0.2, 0.25) is 0 Å². The van der Waals surface area contributed by atoms with Crippen molar-refractivity contribution in [1.29, 1.82) is 0 Å². The Labute approximate surface area is 200 Å². The second kappa shape index (κ2) is 9.98. The Morgan fingerprint density at radius 1 is 1.00 bits per heavy atom. The van der Waals surface area contributed by atoms with Crippen LogP contribution < -0.4 is 10.6 Å². The molecule has 35 heavy (non-hydrogen) atoms. The minimum atomic E-state index is -0.779. The third-order valence-corrected chi connectivity index (χ3v) is 5.51. The number of tetrazole rings is 1. The van der Waals surface area contributed by atoms with E-state index in [0.29, 0.717) is 23.6 Å². The standard InChI is InChI=1S/C25H22N8O2/c34-23(16-7-2-1-3-8-16)20-11-4-5-12-21(20)26-14-18-15-27-29-22(18)25(35)28-19-10-6-9-17(13-19)24-30-32-33-31-24/h1-13,15,23,26,34H,14H2,(H,27,29)(H,28,35)(H,30,31,32,33). The quantitative estimate of drug-likeness (QED) is 0.235. The Morgan fingerprint density at radius 2 is 1.83 bits per heavy atom. The first-order valence-corrected chi connectivity index (χ1v) is 10.9. The molecule has 5 N–H and O–H groups in total. The normalized spacial score (nSPS) is 11.7. The van der Waals surface area contributed by atoms with E-state index in [9.17, 15) is 9.90 Å². The zero-order valence-electron chi connectivity index (χ0n) is 18.5. The molecule has 1 atom stereocenters. The summed E-state index contributed by atoms with van der Waals surface area (Å²) < 4.78 is 0. The number of anilines is 2. The molecule has 2 aromatic heterocycles. The molecule has 0 aliphatic rings. The first-order chi connectivity index (χ1) is 17.2. The molecule has 0 aliphatic heterocycles. The van der Waals surface area contributed by atoms with E-state index in [1.54, 1.807) is 24.4 Å². The predicted octanol–water partition coefficient (Wildman–Crippen LogP) is 3.54. The number of benzene rings is 3. The molecule has 1 amide bonds. The highest BCUT2D eigenvalue weighted by molar-refractivity contribution is 6.04. The van der Waals surface area contributed by atoms with Crippen LogP contribution in [0.4, 0.5) is 11.4 Å². The van der Waals surface area contributed by atoms with Gasteiger partial charge in [0, 0.05) is 40.8 Å². The second-order valence-corrected chi connectivity index (χ2v) is 7.80. The average molecular weight is 467 g/mol. The Bertz CT molecular complexity index is 1420. The molecule has 1 unspecified atom stereocenters. The van der Waals surface area contributed by atoms with Crippen LogP contribution in [0.3, 0.4) is 0 Å². The van der Waals surface area contributed by atoms with E-state index in [2.05, 4.69) is 41.5 Å². The van der Waals surface area contributed by atoms with E-state index in [4.69, 9.17) is 0 Å². The van der Waals surface area contributed by atoms with Gasteiger partial charge in [-0.05, 0) is 34.2 Å². The summed E-state index contributed by atoms with van der Waals surface area (Å²) >= 11 is 0. The summed E-state index contributed by atoms with van der Waals surface area (Å²) in [5, 5.41) is 37.7. The number of hydrogen-bond donors (Lipinski definition) is 5. The number of carbonyl (C=O) groups excluding carboxylic acids is 1. The van der Waals surface area contributed by atoms with E-state index in [1.165, 1.54) is 0 Å². The highest BCUT2D eigenvalue weighted by Crippen LogP contribution is 2.28. The third kappa shape index (κ3) is 4.92. The number of aliphatic hydroxyl groups is 1. The molecule has 10 heteroatoms. The fraction of sp³-hybridized carbons (Fsp3) is 0.0800. The third-order valence-electron chi connectivity index (χ3n) is 5.51. The lowest BCUT2D eigenvalue weighted by atomic mass is 10.00. The van der Waals surface area contributed by atoms with Gasteiger partial charge in [-0.3, -0.25) is 9.89 Å². The Balaban J connectivity index is 1.30. The van der Waals surface area contributed by atoms with Crippen LogP contribution in [0.15, 0.2) is 85.1 Å². The molecule has 0 saturated carbocycles. The number of nitrogens with zero attached hydrogens (tertiary/aromatic N) is 4. The van der Waals surface area contributed by atoms with Crippen LogP contribution in [0.5, 0.6) is 0 Å². The molecule has 174 valence electrons. The predicted molar refractivity (Wildman–Crippen MR) is 130 cm³/mol. The molecule has 2 heterocycles. The number of H-pyrrole nitrogens is 2. The maximum absolute atomic E-state index is 13.0. The fourth-order valence-corrected chi connectivity index (χ4v) is 3.76. The SMILES string of the molecule is O=C(Nc1cccc(-c2nnn[nH]2)c1)c1n[nH]cc1CNc1ccccc1C(O)c1ccccc1. The zero-order chi connectivity index (χ0) is 24.0.